The van der Waals surface area contributed by atoms with E-state index in [0.717, 1.165) is 28.0 Å². The van der Waals surface area contributed by atoms with E-state index in [0.29, 0.717) is 26.1 Å². The molecule has 3 aromatic rings. The van der Waals surface area contributed by atoms with Gasteiger partial charge in [-0.25, -0.2) is 0 Å². The molecule has 0 aliphatic carbocycles. The largest absolute Gasteiger partial charge is 0.497 e. The molecule has 33 heavy (non-hydrogen) atoms. The molecule has 0 saturated carbocycles. The van der Waals surface area contributed by atoms with Crippen LogP contribution in [0.2, 0.25) is 0 Å². The molecule has 4 rings (SSSR count). The van der Waals surface area contributed by atoms with E-state index in [1.807, 2.05) is 66.4 Å². The molecule has 2 amide bonds. The Kier molecular flexibility index (Phi) is 7.03. The van der Waals surface area contributed by atoms with Gasteiger partial charge < -0.3 is 14.5 Å². The molecule has 0 radical (unpaired) electrons. The number of amides is 2. The van der Waals surface area contributed by atoms with E-state index in [1.165, 1.54) is 0 Å². The summed E-state index contributed by atoms with van der Waals surface area (Å²) in [6.45, 7) is 3.74. The van der Waals surface area contributed by atoms with Gasteiger partial charge in [0.2, 0.25) is 11.8 Å². The molecule has 0 spiro atoms. The molecule has 0 unspecified atom stereocenters. The maximum absolute atomic E-state index is 13.3. The number of pyridine rings is 1. The lowest BCUT2D eigenvalue weighted by atomic mass is 9.97. The third kappa shape index (κ3) is 5.22. The van der Waals surface area contributed by atoms with Crippen LogP contribution in [0, 0.1) is 0 Å². The van der Waals surface area contributed by atoms with Gasteiger partial charge in [0.1, 0.15) is 11.8 Å². The number of carbonyl (C=O) groups is 2. The zero-order valence-electron chi connectivity index (χ0n) is 19.1. The smallest absolute Gasteiger partial charge is 0.245 e. The summed E-state index contributed by atoms with van der Waals surface area (Å²) in [5, 5.41) is 0. The highest BCUT2D eigenvalue weighted by molar-refractivity contribution is 5.90. The van der Waals surface area contributed by atoms with Crippen molar-refractivity contribution in [2.24, 2.45) is 0 Å². The third-order valence-electron chi connectivity index (χ3n) is 6.17. The number of hydrogen-bond donors (Lipinski definition) is 0. The summed E-state index contributed by atoms with van der Waals surface area (Å²) < 4.78 is 5.20. The summed E-state index contributed by atoms with van der Waals surface area (Å²) in [5.41, 5.74) is 4.08. The minimum atomic E-state index is -0.503. The molecule has 1 aliphatic rings. The Bertz CT molecular complexity index is 1100. The standard InChI is InChI=1S/C27H29N3O3/c1-3-29-15-16-30(26(31)19-20-7-9-24(33-2)10-8-20)25(27(29)32)18-21-5-4-6-23(17-21)22-11-13-28-14-12-22/h4-14,17,25H,3,15-16,18-19H2,1-2H3/t25-/m0/s1. The first-order valence-electron chi connectivity index (χ1n) is 11.3. The highest BCUT2D eigenvalue weighted by Gasteiger charge is 2.36. The molecule has 6 nitrogen and oxygen atoms in total. The molecule has 170 valence electrons. The monoisotopic (exact) mass is 443 g/mol. The van der Waals surface area contributed by atoms with Crippen LogP contribution in [0.4, 0.5) is 0 Å². The highest BCUT2D eigenvalue weighted by Crippen LogP contribution is 2.23. The Morgan fingerprint density at radius 1 is 1.00 bits per heavy atom. The number of rotatable bonds is 7. The van der Waals surface area contributed by atoms with Gasteiger partial charge in [-0.15, -0.1) is 0 Å². The van der Waals surface area contributed by atoms with Gasteiger partial charge in [0.25, 0.3) is 0 Å². The number of nitrogens with zero attached hydrogens (tertiary/aromatic N) is 3. The lowest BCUT2D eigenvalue weighted by Crippen LogP contribution is -2.59. The summed E-state index contributed by atoms with van der Waals surface area (Å²) in [4.78, 5) is 34.2. The molecule has 1 saturated heterocycles. The van der Waals surface area contributed by atoms with E-state index in [-0.39, 0.29) is 18.2 Å². The maximum Gasteiger partial charge on any atom is 0.245 e. The Labute approximate surface area is 194 Å². The van der Waals surface area contributed by atoms with Gasteiger partial charge in [-0.3, -0.25) is 14.6 Å². The molecule has 0 bridgehead atoms. The third-order valence-corrected chi connectivity index (χ3v) is 6.17. The number of likely N-dealkylation sites (N-methyl/N-ethyl adjacent to an activating group) is 1. The summed E-state index contributed by atoms with van der Waals surface area (Å²) in [6.07, 6.45) is 4.29. The second-order valence-electron chi connectivity index (χ2n) is 8.19. The van der Waals surface area contributed by atoms with Crippen LogP contribution in [-0.2, 0) is 22.4 Å². The van der Waals surface area contributed by atoms with Crippen molar-refractivity contribution in [2.75, 3.05) is 26.7 Å². The van der Waals surface area contributed by atoms with Gasteiger partial charge in [-0.1, -0.05) is 36.4 Å². The number of hydrogen-bond acceptors (Lipinski definition) is 4. The number of aromatic nitrogens is 1. The van der Waals surface area contributed by atoms with Crippen LogP contribution in [-0.4, -0.2) is 59.4 Å². The van der Waals surface area contributed by atoms with Crippen LogP contribution in [0.25, 0.3) is 11.1 Å². The van der Waals surface area contributed by atoms with Crippen molar-refractivity contribution in [3.8, 4) is 16.9 Å². The van der Waals surface area contributed by atoms with Gasteiger partial charge in [-0.2, -0.15) is 0 Å². The van der Waals surface area contributed by atoms with Crippen molar-refractivity contribution in [2.45, 2.75) is 25.8 Å². The molecule has 0 N–H and O–H groups in total. The van der Waals surface area contributed by atoms with Crippen molar-refractivity contribution < 1.29 is 14.3 Å². The van der Waals surface area contributed by atoms with Crippen molar-refractivity contribution in [1.29, 1.82) is 0 Å². The predicted octanol–water partition coefficient (Wildman–Crippen LogP) is 3.60. The fourth-order valence-corrected chi connectivity index (χ4v) is 4.31. The first-order valence-corrected chi connectivity index (χ1v) is 11.3. The SMILES string of the molecule is CCN1CCN(C(=O)Cc2ccc(OC)cc2)[C@@H](Cc2cccc(-c3ccncc3)c2)C1=O. The molecule has 1 fully saturated rings. The van der Waals surface area contributed by atoms with Gasteiger partial charge in [0.05, 0.1) is 13.5 Å². The van der Waals surface area contributed by atoms with Crippen molar-refractivity contribution >= 4 is 11.8 Å². The molecule has 2 aromatic carbocycles. The number of ether oxygens (including phenoxy) is 1. The Morgan fingerprint density at radius 3 is 2.45 bits per heavy atom. The van der Waals surface area contributed by atoms with Crippen LogP contribution in [0.3, 0.4) is 0 Å². The Balaban J connectivity index is 1.55. The molecule has 2 heterocycles. The first kappa shape index (κ1) is 22.5. The van der Waals surface area contributed by atoms with Gasteiger partial charge in [0, 0.05) is 38.4 Å². The lowest BCUT2D eigenvalue weighted by molar-refractivity contribution is -0.150. The molecular formula is C27H29N3O3. The zero-order valence-corrected chi connectivity index (χ0v) is 19.1. The van der Waals surface area contributed by atoms with Crippen LogP contribution in [0.1, 0.15) is 18.1 Å². The normalized spacial score (nSPS) is 16.1. The van der Waals surface area contributed by atoms with Crippen LogP contribution in [0.15, 0.2) is 73.1 Å². The predicted molar refractivity (Wildman–Crippen MR) is 128 cm³/mol. The van der Waals surface area contributed by atoms with E-state index >= 15 is 0 Å². The first-order chi connectivity index (χ1) is 16.1. The highest BCUT2D eigenvalue weighted by atomic mass is 16.5. The van der Waals surface area contributed by atoms with Crippen molar-refractivity contribution in [3.05, 3.63) is 84.2 Å². The number of methoxy groups -OCH3 is 1. The van der Waals surface area contributed by atoms with Crippen LogP contribution in [0.5, 0.6) is 5.75 Å². The van der Waals surface area contributed by atoms with Crippen molar-refractivity contribution in [1.82, 2.24) is 14.8 Å². The number of piperazine rings is 1. The summed E-state index contributed by atoms with van der Waals surface area (Å²) in [5.74, 6) is 0.741. The average molecular weight is 444 g/mol. The van der Waals surface area contributed by atoms with E-state index < -0.39 is 6.04 Å². The minimum absolute atomic E-state index is 0.0149. The quantitative estimate of drug-likeness (QED) is 0.560. The van der Waals surface area contributed by atoms with Crippen LogP contribution < -0.4 is 4.74 Å². The Morgan fingerprint density at radius 2 is 1.76 bits per heavy atom. The number of benzene rings is 2. The van der Waals surface area contributed by atoms with Crippen LogP contribution >= 0.6 is 0 Å². The van der Waals surface area contributed by atoms with Gasteiger partial charge >= 0.3 is 0 Å². The van der Waals surface area contributed by atoms with E-state index in [2.05, 4.69) is 11.1 Å². The van der Waals surface area contributed by atoms with E-state index in [1.54, 1.807) is 24.4 Å². The zero-order chi connectivity index (χ0) is 23.2. The molecule has 1 aliphatic heterocycles. The minimum Gasteiger partial charge on any atom is -0.497 e. The second-order valence-corrected chi connectivity index (χ2v) is 8.19. The fraction of sp³-hybridized carbons (Fsp3) is 0.296. The number of carbonyl (C=O) groups excluding carboxylic acids is 2. The molecular weight excluding hydrogens is 414 g/mol. The summed E-state index contributed by atoms with van der Waals surface area (Å²) >= 11 is 0. The van der Waals surface area contributed by atoms with E-state index in [9.17, 15) is 9.59 Å². The van der Waals surface area contributed by atoms with Gasteiger partial charge in [0.15, 0.2) is 0 Å². The molecule has 1 atom stereocenters. The summed E-state index contributed by atoms with van der Waals surface area (Å²) in [7, 11) is 1.62. The second kappa shape index (κ2) is 10.3. The lowest BCUT2D eigenvalue weighted by Gasteiger charge is -2.40. The van der Waals surface area contributed by atoms with Gasteiger partial charge in [-0.05, 0) is 53.4 Å². The van der Waals surface area contributed by atoms with Crippen molar-refractivity contribution in [3.63, 3.8) is 0 Å². The fourth-order valence-electron chi connectivity index (χ4n) is 4.31. The Hall–Kier alpha value is -3.67. The molecule has 6 heteroatoms. The summed E-state index contributed by atoms with van der Waals surface area (Å²) in [6, 6.07) is 19.1. The maximum atomic E-state index is 13.3. The topological polar surface area (TPSA) is 62.7 Å². The average Bonchev–Trinajstić information content (AvgIpc) is 2.86. The molecule has 1 aromatic heterocycles. The van der Waals surface area contributed by atoms with E-state index in [4.69, 9.17) is 4.74 Å².